The van der Waals surface area contributed by atoms with E-state index in [1.165, 1.54) is 0 Å². The van der Waals surface area contributed by atoms with Crippen LogP contribution in [0.1, 0.15) is 27.8 Å². The number of benzene rings is 2. The first-order valence-electron chi connectivity index (χ1n) is 5.78. The van der Waals surface area contributed by atoms with E-state index >= 15 is 0 Å². The topological polar surface area (TPSA) is 35.5 Å². The molecular weight excluding hydrogens is 228 g/mol. The first-order valence-corrected chi connectivity index (χ1v) is 5.78. The Kier molecular flexibility index (Phi) is 2.52. The Balaban J connectivity index is 2.01. The van der Waals surface area contributed by atoms with Gasteiger partial charge in [0.15, 0.2) is 0 Å². The molecule has 3 rings (SSSR count). The Hall–Kier alpha value is -2.29. The molecule has 0 N–H and O–H groups in total. The van der Waals surface area contributed by atoms with Crippen molar-refractivity contribution in [3.05, 3.63) is 65.2 Å². The monoisotopic (exact) mass is 240 g/mol. The van der Waals surface area contributed by atoms with E-state index in [9.17, 15) is 4.79 Å². The fraction of sp³-hybridized carbons (Fsp3) is 0.133. The number of carbonyl (C=O) groups is 1. The number of esters is 1. The number of ether oxygens (including phenoxy) is 2. The van der Waals surface area contributed by atoms with Gasteiger partial charge in [0.1, 0.15) is 11.3 Å². The average molecular weight is 240 g/mol. The second-order valence-electron chi connectivity index (χ2n) is 4.22. The maximum atomic E-state index is 11.9. The summed E-state index contributed by atoms with van der Waals surface area (Å²) in [5.74, 6) is 0.274. The average Bonchev–Trinajstić information content (AvgIpc) is 2.41. The van der Waals surface area contributed by atoms with Crippen LogP contribution in [0.3, 0.4) is 0 Å². The van der Waals surface area contributed by atoms with Crippen LogP contribution in [0.25, 0.3) is 0 Å². The maximum Gasteiger partial charge on any atom is 0.345 e. The molecule has 1 unspecified atom stereocenters. The quantitative estimate of drug-likeness (QED) is 0.718. The lowest BCUT2D eigenvalue weighted by atomic mass is 10.1. The molecule has 0 fully saturated rings. The van der Waals surface area contributed by atoms with Gasteiger partial charge in [-0.2, -0.15) is 0 Å². The number of cyclic esters (lactones) is 1. The van der Waals surface area contributed by atoms with Gasteiger partial charge in [0.2, 0.25) is 0 Å². The molecule has 3 heteroatoms. The Bertz CT molecular complexity index is 590. The molecule has 0 saturated heterocycles. The van der Waals surface area contributed by atoms with E-state index < -0.39 is 6.29 Å². The largest absolute Gasteiger partial charge is 0.449 e. The Morgan fingerprint density at radius 3 is 2.50 bits per heavy atom. The van der Waals surface area contributed by atoms with Crippen LogP contribution in [0.4, 0.5) is 0 Å². The molecule has 2 aromatic rings. The molecule has 0 spiro atoms. The number of carbonyl (C=O) groups excluding carboxylic acids is 1. The van der Waals surface area contributed by atoms with Crippen molar-refractivity contribution in [2.75, 3.05) is 0 Å². The Morgan fingerprint density at radius 2 is 1.72 bits per heavy atom. The SMILES string of the molecule is Cc1cccc2c1OC(c1ccccc1)OC2=O. The molecule has 3 nitrogen and oxygen atoms in total. The van der Waals surface area contributed by atoms with Crippen LogP contribution in [0.5, 0.6) is 5.75 Å². The maximum absolute atomic E-state index is 11.9. The highest BCUT2D eigenvalue weighted by atomic mass is 16.7. The van der Waals surface area contributed by atoms with Gasteiger partial charge in [-0.15, -0.1) is 0 Å². The number of para-hydroxylation sites is 1. The highest BCUT2D eigenvalue weighted by Crippen LogP contribution is 2.35. The van der Waals surface area contributed by atoms with Gasteiger partial charge < -0.3 is 9.47 Å². The zero-order valence-electron chi connectivity index (χ0n) is 9.92. The summed E-state index contributed by atoms with van der Waals surface area (Å²) in [5, 5.41) is 0. The van der Waals surface area contributed by atoms with E-state index in [2.05, 4.69) is 0 Å². The number of rotatable bonds is 1. The lowest BCUT2D eigenvalue weighted by Crippen LogP contribution is -2.23. The third-order valence-corrected chi connectivity index (χ3v) is 2.94. The number of fused-ring (bicyclic) bond motifs is 1. The van der Waals surface area contributed by atoms with Crippen molar-refractivity contribution < 1.29 is 14.3 Å². The van der Waals surface area contributed by atoms with Crippen LogP contribution >= 0.6 is 0 Å². The smallest absolute Gasteiger partial charge is 0.345 e. The van der Waals surface area contributed by atoms with Crippen molar-refractivity contribution in [2.24, 2.45) is 0 Å². The zero-order chi connectivity index (χ0) is 12.5. The van der Waals surface area contributed by atoms with Gasteiger partial charge in [0, 0.05) is 5.56 Å². The van der Waals surface area contributed by atoms with Gasteiger partial charge in [-0.1, -0.05) is 42.5 Å². The Labute approximate surface area is 105 Å². The standard InChI is InChI=1S/C15H12O3/c1-10-6-5-9-12-13(10)17-15(18-14(12)16)11-7-3-2-4-8-11/h2-9,15H,1H3. The molecule has 0 saturated carbocycles. The van der Waals surface area contributed by atoms with Crippen LogP contribution in [-0.2, 0) is 4.74 Å². The predicted molar refractivity (Wildman–Crippen MR) is 66.4 cm³/mol. The molecular formula is C15H12O3. The molecule has 18 heavy (non-hydrogen) atoms. The summed E-state index contributed by atoms with van der Waals surface area (Å²) in [6, 6.07) is 14.9. The van der Waals surface area contributed by atoms with Gasteiger partial charge >= 0.3 is 5.97 Å². The van der Waals surface area contributed by atoms with Crippen LogP contribution < -0.4 is 4.74 Å². The summed E-state index contributed by atoms with van der Waals surface area (Å²) in [4.78, 5) is 11.9. The molecule has 1 atom stereocenters. The van der Waals surface area contributed by atoms with E-state index in [0.29, 0.717) is 11.3 Å². The van der Waals surface area contributed by atoms with E-state index in [1.807, 2.05) is 49.4 Å². The molecule has 0 amide bonds. The van der Waals surface area contributed by atoms with E-state index in [4.69, 9.17) is 9.47 Å². The number of hydrogen-bond acceptors (Lipinski definition) is 3. The molecule has 1 aliphatic rings. The van der Waals surface area contributed by atoms with Crippen molar-refractivity contribution in [1.29, 1.82) is 0 Å². The minimum absolute atomic E-state index is 0.339. The van der Waals surface area contributed by atoms with Gasteiger partial charge in [-0.3, -0.25) is 0 Å². The van der Waals surface area contributed by atoms with Gasteiger partial charge in [0.25, 0.3) is 6.29 Å². The molecule has 1 heterocycles. The summed E-state index contributed by atoms with van der Waals surface area (Å²) in [6.45, 7) is 1.92. The first-order chi connectivity index (χ1) is 8.75. The fourth-order valence-electron chi connectivity index (χ4n) is 2.01. The summed E-state index contributed by atoms with van der Waals surface area (Å²) >= 11 is 0. The summed E-state index contributed by atoms with van der Waals surface area (Å²) in [5.41, 5.74) is 2.26. The summed E-state index contributed by atoms with van der Waals surface area (Å²) < 4.78 is 11.1. The van der Waals surface area contributed by atoms with Crippen LogP contribution in [0.15, 0.2) is 48.5 Å². The van der Waals surface area contributed by atoms with E-state index in [-0.39, 0.29) is 5.97 Å². The molecule has 1 aliphatic heterocycles. The van der Waals surface area contributed by atoms with Crippen LogP contribution in [0, 0.1) is 6.92 Å². The summed E-state index contributed by atoms with van der Waals surface area (Å²) in [6.07, 6.45) is -0.660. The second-order valence-corrected chi connectivity index (χ2v) is 4.22. The van der Waals surface area contributed by atoms with Crippen molar-refractivity contribution in [1.82, 2.24) is 0 Å². The molecule has 0 radical (unpaired) electrons. The minimum atomic E-state index is -0.660. The predicted octanol–water partition coefficient (Wildman–Crippen LogP) is 3.24. The Morgan fingerprint density at radius 1 is 0.944 bits per heavy atom. The zero-order valence-corrected chi connectivity index (χ0v) is 9.92. The van der Waals surface area contributed by atoms with Crippen molar-refractivity contribution in [3.63, 3.8) is 0 Å². The third kappa shape index (κ3) is 1.74. The van der Waals surface area contributed by atoms with Crippen molar-refractivity contribution >= 4 is 5.97 Å². The van der Waals surface area contributed by atoms with Crippen LogP contribution in [0.2, 0.25) is 0 Å². The lowest BCUT2D eigenvalue weighted by Gasteiger charge is -2.26. The fourth-order valence-corrected chi connectivity index (χ4v) is 2.01. The number of aryl methyl sites for hydroxylation is 1. The second kappa shape index (κ2) is 4.18. The normalized spacial score (nSPS) is 17.6. The lowest BCUT2D eigenvalue weighted by molar-refractivity contribution is -0.0628. The first kappa shape index (κ1) is 10.8. The van der Waals surface area contributed by atoms with Crippen LogP contribution in [-0.4, -0.2) is 5.97 Å². The molecule has 2 aromatic carbocycles. The number of hydrogen-bond donors (Lipinski definition) is 0. The molecule has 0 bridgehead atoms. The van der Waals surface area contributed by atoms with Gasteiger partial charge in [-0.25, -0.2) is 4.79 Å². The van der Waals surface area contributed by atoms with Crippen molar-refractivity contribution in [3.8, 4) is 5.75 Å². The van der Waals surface area contributed by atoms with Gasteiger partial charge in [0.05, 0.1) is 0 Å². The molecule has 0 aliphatic carbocycles. The third-order valence-electron chi connectivity index (χ3n) is 2.94. The minimum Gasteiger partial charge on any atom is -0.449 e. The van der Waals surface area contributed by atoms with Crippen molar-refractivity contribution in [2.45, 2.75) is 13.2 Å². The molecule has 0 aromatic heterocycles. The van der Waals surface area contributed by atoms with Gasteiger partial charge in [-0.05, 0) is 18.6 Å². The highest BCUT2D eigenvalue weighted by Gasteiger charge is 2.29. The summed E-state index contributed by atoms with van der Waals surface area (Å²) in [7, 11) is 0. The van der Waals surface area contributed by atoms with E-state index in [1.54, 1.807) is 6.07 Å². The molecule has 90 valence electrons. The highest BCUT2D eigenvalue weighted by molar-refractivity contribution is 5.93. The van der Waals surface area contributed by atoms with E-state index in [0.717, 1.165) is 11.1 Å².